The Morgan fingerprint density at radius 3 is 2.55 bits per heavy atom. The molecule has 0 radical (unpaired) electrons. The van der Waals surface area contributed by atoms with Crippen molar-refractivity contribution in [3.05, 3.63) is 29.6 Å². The van der Waals surface area contributed by atoms with Crippen LogP contribution in [0.15, 0.2) is 12.1 Å². The van der Waals surface area contributed by atoms with E-state index in [4.69, 9.17) is 0 Å². The number of nitrogens with zero attached hydrogens (tertiary/aromatic N) is 1. The first-order chi connectivity index (χ1) is 10.2. The minimum atomic E-state index is -3.18. The van der Waals surface area contributed by atoms with Crippen molar-refractivity contribution in [3.8, 4) is 0 Å². The van der Waals surface area contributed by atoms with Gasteiger partial charge in [0.2, 0.25) is 0 Å². The molecule has 9 heteroatoms. The highest BCUT2D eigenvalue weighted by Gasteiger charge is 2.34. The van der Waals surface area contributed by atoms with E-state index < -0.39 is 45.0 Å². The summed E-state index contributed by atoms with van der Waals surface area (Å²) in [5.74, 6) is -4.70. The summed E-state index contributed by atoms with van der Waals surface area (Å²) in [7, 11) is -3.18. The molecule has 2 rings (SSSR count). The van der Waals surface area contributed by atoms with Crippen LogP contribution in [-0.2, 0) is 9.84 Å². The van der Waals surface area contributed by atoms with E-state index >= 15 is 0 Å². The summed E-state index contributed by atoms with van der Waals surface area (Å²) in [4.78, 5) is 13.4. The molecule has 0 spiro atoms. The molecule has 0 aromatic heterocycles. The highest BCUT2D eigenvalue weighted by Crippen LogP contribution is 2.22. The third-order valence-electron chi connectivity index (χ3n) is 3.53. The molecule has 1 heterocycles. The third kappa shape index (κ3) is 3.34. The fourth-order valence-corrected chi connectivity index (χ4v) is 4.13. The van der Waals surface area contributed by atoms with Crippen molar-refractivity contribution in [1.82, 2.24) is 4.90 Å². The molecule has 1 aromatic rings. The number of hydrogen-bond acceptors (Lipinski definition) is 3. The SMILES string of the molecule is CCN(C(=O)Nc1ccc(F)c(F)c1F)C1CCS(=O)(=O)C1. The molecule has 1 aliphatic rings. The second-order valence-electron chi connectivity index (χ2n) is 5.00. The molecule has 5 nitrogen and oxygen atoms in total. The maximum Gasteiger partial charge on any atom is 0.322 e. The van der Waals surface area contributed by atoms with Crippen LogP contribution in [0.1, 0.15) is 13.3 Å². The van der Waals surface area contributed by atoms with Crippen molar-refractivity contribution < 1.29 is 26.4 Å². The Bertz CT molecular complexity index is 694. The molecule has 2 amide bonds. The van der Waals surface area contributed by atoms with E-state index in [9.17, 15) is 26.4 Å². The van der Waals surface area contributed by atoms with Gasteiger partial charge in [-0.2, -0.15) is 0 Å². The largest absolute Gasteiger partial charge is 0.322 e. The summed E-state index contributed by atoms with van der Waals surface area (Å²) in [5.41, 5.74) is -0.497. The number of carbonyl (C=O) groups is 1. The summed E-state index contributed by atoms with van der Waals surface area (Å²) < 4.78 is 62.5. The Balaban J connectivity index is 2.15. The molecule has 0 bridgehead atoms. The number of halogens is 3. The Morgan fingerprint density at radius 2 is 2.00 bits per heavy atom. The van der Waals surface area contributed by atoms with Gasteiger partial charge in [0.05, 0.1) is 17.2 Å². The van der Waals surface area contributed by atoms with Gasteiger partial charge >= 0.3 is 6.03 Å². The molecule has 1 N–H and O–H groups in total. The van der Waals surface area contributed by atoms with Gasteiger partial charge in [0.1, 0.15) is 0 Å². The average Bonchev–Trinajstić information content (AvgIpc) is 2.80. The van der Waals surface area contributed by atoms with E-state index in [-0.39, 0.29) is 18.1 Å². The fourth-order valence-electron chi connectivity index (χ4n) is 2.40. The molecular formula is C13H15F3N2O3S. The number of anilines is 1. The van der Waals surface area contributed by atoms with E-state index in [0.717, 1.165) is 6.07 Å². The first-order valence-electron chi connectivity index (χ1n) is 6.66. The molecule has 1 saturated heterocycles. The minimum absolute atomic E-state index is 0.0129. The molecule has 122 valence electrons. The highest BCUT2D eigenvalue weighted by molar-refractivity contribution is 7.91. The number of rotatable bonds is 3. The van der Waals surface area contributed by atoms with Crippen molar-refractivity contribution in [2.45, 2.75) is 19.4 Å². The third-order valence-corrected chi connectivity index (χ3v) is 5.28. The quantitative estimate of drug-likeness (QED) is 0.860. The molecular weight excluding hydrogens is 321 g/mol. The van der Waals surface area contributed by atoms with E-state index in [2.05, 4.69) is 5.32 Å². The van der Waals surface area contributed by atoms with Crippen LogP contribution in [0.2, 0.25) is 0 Å². The summed E-state index contributed by atoms with van der Waals surface area (Å²) in [5, 5.41) is 2.14. The molecule has 1 aliphatic heterocycles. The normalized spacial score (nSPS) is 19.9. The lowest BCUT2D eigenvalue weighted by atomic mass is 10.2. The second-order valence-corrected chi connectivity index (χ2v) is 7.22. The van der Waals surface area contributed by atoms with Gasteiger partial charge in [-0.3, -0.25) is 0 Å². The number of nitrogens with one attached hydrogen (secondary N) is 1. The summed E-state index contributed by atoms with van der Waals surface area (Å²) in [6.07, 6.45) is 0.295. The minimum Gasteiger partial charge on any atom is -0.321 e. The van der Waals surface area contributed by atoms with Crippen LogP contribution in [0.25, 0.3) is 0 Å². The molecule has 1 fully saturated rings. The number of hydrogen-bond donors (Lipinski definition) is 1. The topological polar surface area (TPSA) is 66.5 Å². The lowest BCUT2D eigenvalue weighted by Gasteiger charge is -2.27. The number of amides is 2. The van der Waals surface area contributed by atoms with Crippen molar-refractivity contribution in [3.63, 3.8) is 0 Å². The second kappa shape index (κ2) is 6.15. The van der Waals surface area contributed by atoms with Gasteiger partial charge in [0, 0.05) is 12.6 Å². The van der Waals surface area contributed by atoms with Gasteiger partial charge < -0.3 is 10.2 Å². The van der Waals surface area contributed by atoms with Gasteiger partial charge in [0.25, 0.3) is 0 Å². The van der Waals surface area contributed by atoms with Crippen molar-refractivity contribution in [2.75, 3.05) is 23.4 Å². The van der Waals surface area contributed by atoms with Crippen LogP contribution in [0.4, 0.5) is 23.7 Å². The maximum absolute atomic E-state index is 13.5. The van der Waals surface area contributed by atoms with Crippen LogP contribution >= 0.6 is 0 Å². The summed E-state index contributed by atoms with van der Waals surface area (Å²) in [6, 6.07) is 0.341. The van der Waals surface area contributed by atoms with Gasteiger partial charge in [-0.15, -0.1) is 0 Å². The molecule has 0 aliphatic carbocycles. The van der Waals surface area contributed by atoms with Crippen LogP contribution in [0, 0.1) is 17.5 Å². The van der Waals surface area contributed by atoms with E-state index in [0.29, 0.717) is 12.5 Å². The lowest BCUT2D eigenvalue weighted by Crippen LogP contribution is -2.43. The van der Waals surface area contributed by atoms with Crippen molar-refractivity contribution in [1.29, 1.82) is 0 Å². The van der Waals surface area contributed by atoms with Gasteiger partial charge in [-0.1, -0.05) is 0 Å². The first kappa shape index (κ1) is 16.6. The number of carbonyl (C=O) groups excluding carboxylic acids is 1. The van der Waals surface area contributed by atoms with Gasteiger partial charge in [-0.25, -0.2) is 26.4 Å². The van der Waals surface area contributed by atoms with Crippen molar-refractivity contribution in [2.24, 2.45) is 0 Å². The highest BCUT2D eigenvalue weighted by atomic mass is 32.2. The predicted molar refractivity (Wildman–Crippen MR) is 74.8 cm³/mol. The summed E-state index contributed by atoms with van der Waals surface area (Å²) in [6.45, 7) is 1.85. The van der Waals surface area contributed by atoms with E-state index in [1.807, 2.05) is 0 Å². The molecule has 0 saturated carbocycles. The Labute approximate surface area is 126 Å². The monoisotopic (exact) mass is 336 g/mol. The van der Waals surface area contributed by atoms with Crippen LogP contribution in [0.3, 0.4) is 0 Å². The molecule has 22 heavy (non-hydrogen) atoms. The summed E-state index contributed by atoms with van der Waals surface area (Å²) >= 11 is 0. The molecule has 1 unspecified atom stereocenters. The van der Waals surface area contributed by atoms with Crippen LogP contribution in [-0.4, -0.2) is 43.4 Å². The lowest BCUT2D eigenvalue weighted by molar-refractivity contribution is 0.197. The van der Waals surface area contributed by atoms with E-state index in [1.165, 1.54) is 4.90 Å². The van der Waals surface area contributed by atoms with Crippen molar-refractivity contribution >= 4 is 21.6 Å². The Morgan fingerprint density at radius 1 is 1.32 bits per heavy atom. The number of urea groups is 1. The zero-order valence-electron chi connectivity index (χ0n) is 11.8. The van der Waals surface area contributed by atoms with Gasteiger partial charge in [-0.05, 0) is 25.5 Å². The fraction of sp³-hybridized carbons (Fsp3) is 0.462. The smallest absolute Gasteiger partial charge is 0.321 e. The van der Waals surface area contributed by atoms with Crippen LogP contribution < -0.4 is 5.32 Å². The number of benzene rings is 1. The Kier molecular flexibility index (Phi) is 4.64. The first-order valence-corrected chi connectivity index (χ1v) is 8.49. The van der Waals surface area contributed by atoms with Crippen LogP contribution in [0.5, 0.6) is 0 Å². The van der Waals surface area contributed by atoms with E-state index in [1.54, 1.807) is 6.92 Å². The average molecular weight is 336 g/mol. The predicted octanol–water partition coefficient (Wildman–Crippen LogP) is 2.14. The Hall–Kier alpha value is -1.77. The molecule has 1 atom stereocenters. The maximum atomic E-state index is 13.5. The zero-order valence-corrected chi connectivity index (χ0v) is 12.6. The van der Waals surface area contributed by atoms with Gasteiger partial charge in [0.15, 0.2) is 27.3 Å². The number of sulfone groups is 1. The standard InChI is InChI=1S/C13H15F3N2O3S/c1-2-18(8-5-6-22(20,21)7-8)13(19)17-10-4-3-9(14)11(15)12(10)16/h3-4,8H,2,5-7H2,1H3,(H,17,19). The zero-order chi connectivity index (χ0) is 16.5. The molecule has 1 aromatic carbocycles.